The Bertz CT molecular complexity index is 452. The van der Waals surface area contributed by atoms with Gasteiger partial charge in [0.1, 0.15) is 5.82 Å². The number of carbonyl (C=O) groups is 1. The highest BCUT2D eigenvalue weighted by Gasteiger charge is 2.34. The van der Waals surface area contributed by atoms with Crippen molar-refractivity contribution in [3.05, 3.63) is 35.1 Å². The van der Waals surface area contributed by atoms with E-state index in [0.29, 0.717) is 18.6 Å². The normalized spacial score (nSPS) is 11.7. The van der Waals surface area contributed by atoms with Gasteiger partial charge in [0.15, 0.2) is 5.78 Å². The van der Waals surface area contributed by atoms with Gasteiger partial charge in [-0.05, 0) is 24.6 Å². The summed E-state index contributed by atoms with van der Waals surface area (Å²) in [5, 5.41) is 0. The van der Waals surface area contributed by atoms with Gasteiger partial charge in [-0.15, -0.1) is 0 Å². The number of rotatable bonds is 7. The lowest BCUT2D eigenvalue weighted by atomic mass is 10.0. The second-order valence-corrected chi connectivity index (χ2v) is 4.78. The van der Waals surface area contributed by atoms with Crippen molar-refractivity contribution < 1.29 is 22.4 Å². The molecule has 5 heteroatoms. The summed E-state index contributed by atoms with van der Waals surface area (Å²) in [6, 6.07) is 2.41. The minimum Gasteiger partial charge on any atom is -0.294 e. The van der Waals surface area contributed by atoms with Crippen LogP contribution >= 0.6 is 0 Å². The highest BCUT2D eigenvalue weighted by Crippen LogP contribution is 2.32. The molecule has 0 aliphatic carbocycles. The second-order valence-electron chi connectivity index (χ2n) is 4.78. The molecule has 0 spiro atoms. The summed E-state index contributed by atoms with van der Waals surface area (Å²) in [4.78, 5) is 11.8. The molecule has 0 amide bonds. The van der Waals surface area contributed by atoms with Crippen LogP contribution in [0.1, 0.15) is 61.4 Å². The number of benzene rings is 1. The third-order valence-corrected chi connectivity index (χ3v) is 3.10. The Morgan fingerprint density at radius 3 is 2.35 bits per heavy atom. The highest BCUT2D eigenvalue weighted by molar-refractivity contribution is 5.96. The zero-order chi connectivity index (χ0) is 15.2. The Hall–Kier alpha value is -1.39. The number of unbranched alkanes of at least 4 members (excludes halogenated alkanes) is 4. The number of Topliss-reactive ketones (excluding diaryl/α,β-unsaturated/α-hetero) is 1. The van der Waals surface area contributed by atoms with E-state index in [9.17, 15) is 22.4 Å². The van der Waals surface area contributed by atoms with Crippen LogP contribution in [0.2, 0.25) is 0 Å². The quantitative estimate of drug-likeness (QED) is 0.374. The number of halogens is 4. The Morgan fingerprint density at radius 1 is 1.10 bits per heavy atom. The van der Waals surface area contributed by atoms with Gasteiger partial charge >= 0.3 is 6.18 Å². The minimum atomic E-state index is -4.78. The maximum absolute atomic E-state index is 13.1. The first kappa shape index (κ1) is 16.7. The second kappa shape index (κ2) is 7.41. The van der Waals surface area contributed by atoms with Crippen LogP contribution in [0.15, 0.2) is 18.2 Å². The third kappa shape index (κ3) is 4.94. The fourth-order valence-electron chi connectivity index (χ4n) is 1.95. The first-order chi connectivity index (χ1) is 9.36. The first-order valence-corrected chi connectivity index (χ1v) is 6.76. The van der Waals surface area contributed by atoms with E-state index in [4.69, 9.17) is 0 Å². The van der Waals surface area contributed by atoms with E-state index in [1.54, 1.807) is 0 Å². The average molecular weight is 290 g/mol. The molecule has 1 rings (SSSR count). The van der Waals surface area contributed by atoms with Crippen LogP contribution in [0.4, 0.5) is 17.6 Å². The molecule has 0 fully saturated rings. The molecule has 1 nitrogen and oxygen atoms in total. The molecule has 0 aliphatic heterocycles. The smallest absolute Gasteiger partial charge is 0.294 e. The number of ketones is 1. The number of hydrogen-bond acceptors (Lipinski definition) is 1. The summed E-state index contributed by atoms with van der Waals surface area (Å²) in [5.41, 5.74) is -1.46. The molecule has 0 N–H and O–H groups in total. The largest absolute Gasteiger partial charge is 0.419 e. The minimum absolute atomic E-state index is 0.0748. The molecule has 0 saturated carbocycles. The Labute approximate surface area is 116 Å². The monoisotopic (exact) mass is 290 g/mol. The van der Waals surface area contributed by atoms with Gasteiger partial charge in [-0.3, -0.25) is 4.79 Å². The Balaban J connectivity index is 2.65. The summed E-state index contributed by atoms with van der Waals surface area (Å²) in [7, 11) is 0. The van der Waals surface area contributed by atoms with Crippen molar-refractivity contribution in [2.24, 2.45) is 0 Å². The van der Waals surface area contributed by atoms with Crippen LogP contribution in [0.25, 0.3) is 0 Å². The van der Waals surface area contributed by atoms with Crippen molar-refractivity contribution in [1.82, 2.24) is 0 Å². The molecule has 0 unspecified atom stereocenters. The molecule has 20 heavy (non-hydrogen) atoms. The van der Waals surface area contributed by atoms with Crippen molar-refractivity contribution >= 4 is 5.78 Å². The van der Waals surface area contributed by atoms with Gasteiger partial charge in [-0.2, -0.15) is 13.2 Å². The van der Waals surface area contributed by atoms with Gasteiger partial charge in [-0.1, -0.05) is 32.6 Å². The van der Waals surface area contributed by atoms with Crippen LogP contribution < -0.4 is 0 Å². The lowest BCUT2D eigenvalue weighted by Crippen LogP contribution is -2.10. The van der Waals surface area contributed by atoms with E-state index >= 15 is 0 Å². The molecule has 0 radical (unpaired) electrons. The molecule has 1 aromatic carbocycles. The first-order valence-electron chi connectivity index (χ1n) is 6.76. The maximum Gasteiger partial charge on any atom is 0.419 e. The van der Waals surface area contributed by atoms with E-state index in [-0.39, 0.29) is 17.8 Å². The Morgan fingerprint density at radius 2 is 1.75 bits per heavy atom. The standard InChI is InChI=1S/C15H18F4O/c1-2-3-4-5-6-7-14(20)11-8-9-13(16)12(10-11)15(17,18)19/h8-10H,2-7H2,1H3. The number of hydrogen-bond donors (Lipinski definition) is 0. The van der Waals surface area contributed by atoms with Crippen LogP contribution in [-0.4, -0.2) is 5.78 Å². The summed E-state index contributed by atoms with van der Waals surface area (Å²) in [5.74, 6) is -1.72. The predicted molar refractivity (Wildman–Crippen MR) is 69.1 cm³/mol. The fraction of sp³-hybridized carbons (Fsp3) is 0.533. The van der Waals surface area contributed by atoms with Crippen LogP contribution in [0.3, 0.4) is 0 Å². The summed E-state index contributed by atoms with van der Waals surface area (Å²) in [6.07, 6.45) is 0.142. The molecular formula is C15H18F4O. The summed E-state index contributed by atoms with van der Waals surface area (Å²) in [6.45, 7) is 2.07. The molecule has 112 valence electrons. The summed E-state index contributed by atoms with van der Waals surface area (Å²) < 4.78 is 50.7. The fourth-order valence-corrected chi connectivity index (χ4v) is 1.95. The number of alkyl halides is 3. The third-order valence-electron chi connectivity index (χ3n) is 3.10. The van der Waals surface area contributed by atoms with E-state index in [1.807, 2.05) is 0 Å². The average Bonchev–Trinajstić information content (AvgIpc) is 2.37. The van der Waals surface area contributed by atoms with Gasteiger partial charge in [0.25, 0.3) is 0 Å². The number of carbonyl (C=O) groups excluding carboxylic acids is 1. The van der Waals surface area contributed by atoms with Gasteiger partial charge in [-0.25, -0.2) is 4.39 Å². The molecule has 0 bridgehead atoms. The van der Waals surface area contributed by atoms with E-state index < -0.39 is 17.6 Å². The van der Waals surface area contributed by atoms with Gasteiger partial charge in [0.05, 0.1) is 5.56 Å². The lowest BCUT2D eigenvalue weighted by Gasteiger charge is -2.09. The lowest BCUT2D eigenvalue weighted by molar-refractivity contribution is -0.140. The topological polar surface area (TPSA) is 17.1 Å². The van der Waals surface area contributed by atoms with Gasteiger partial charge in [0.2, 0.25) is 0 Å². The van der Waals surface area contributed by atoms with Crippen molar-refractivity contribution in [3.8, 4) is 0 Å². The molecule has 0 heterocycles. The van der Waals surface area contributed by atoms with Crippen LogP contribution in [0, 0.1) is 5.82 Å². The van der Waals surface area contributed by atoms with Crippen molar-refractivity contribution in [1.29, 1.82) is 0 Å². The zero-order valence-electron chi connectivity index (χ0n) is 11.4. The SMILES string of the molecule is CCCCCCCC(=O)c1ccc(F)c(C(F)(F)F)c1. The van der Waals surface area contributed by atoms with Gasteiger partial charge < -0.3 is 0 Å². The van der Waals surface area contributed by atoms with Crippen molar-refractivity contribution in [2.45, 2.75) is 51.6 Å². The van der Waals surface area contributed by atoms with Crippen LogP contribution in [0.5, 0.6) is 0 Å². The highest BCUT2D eigenvalue weighted by atomic mass is 19.4. The molecule has 0 saturated heterocycles. The molecule has 1 aromatic rings. The van der Waals surface area contributed by atoms with Crippen molar-refractivity contribution in [2.75, 3.05) is 0 Å². The Kier molecular flexibility index (Phi) is 6.17. The van der Waals surface area contributed by atoms with E-state index in [0.717, 1.165) is 31.7 Å². The van der Waals surface area contributed by atoms with E-state index in [1.165, 1.54) is 0 Å². The predicted octanol–water partition coefficient (Wildman–Crippen LogP) is 5.39. The van der Waals surface area contributed by atoms with Gasteiger partial charge in [0, 0.05) is 12.0 Å². The van der Waals surface area contributed by atoms with E-state index in [2.05, 4.69) is 6.92 Å². The molecular weight excluding hydrogens is 272 g/mol. The maximum atomic E-state index is 13.1. The summed E-state index contributed by atoms with van der Waals surface area (Å²) >= 11 is 0. The zero-order valence-corrected chi connectivity index (χ0v) is 11.4. The van der Waals surface area contributed by atoms with Crippen LogP contribution in [-0.2, 0) is 6.18 Å². The molecule has 0 atom stereocenters. The molecule has 0 aromatic heterocycles. The molecule has 0 aliphatic rings. The van der Waals surface area contributed by atoms with Crippen molar-refractivity contribution in [3.63, 3.8) is 0 Å².